The number of aromatic hydroxyl groups is 1. The summed E-state index contributed by atoms with van der Waals surface area (Å²) in [5.41, 5.74) is 3.75. The Morgan fingerprint density at radius 3 is 2.30 bits per heavy atom. The molecule has 0 fully saturated rings. The molecule has 0 unspecified atom stereocenters. The van der Waals surface area contributed by atoms with Gasteiger partial charge >= 0.3 is 0 Å². The molecule has 0 aliphatic heterocycles. The van der Waals surface area contributed by atoms with E-state index in [1.165, 1.54) is 32.7 Å². The summed E-state index contributed by atoms with van der Waals surface area (Å²) in [4.78, 5) is 0. The Hall–Kier alpha value is -2.80. The normalized spacial score (nSPS) is 11.2. The molecule has 1 N–H and O–H groups in total. The molecule has 0 heterocycles. The van der Waals surface area contributed by atoms with E-state index >= 15 is 0 Å². The fraction of sp³-hybridized carbons (Fsp3) is 0.0909. The van der Waals surface area contributed by atoms with Crippen LogP contribution in [0.15, 0.2) is 72.8 Å². The van der Waals surface area contributed by atoms with Gasteiger partial charge in [-0.3, -0.25) is 0 Å². The van der Waals surface area contributed by atoms with Crippen molar-refractivity contribution >= 4 is 21.5 Å². The largest absolute Gasteiger partial charge is 0.508 e. The van der Waals surface area contributed by atoms with E-state index in [0.717, 1.165) is 12.0 Å². The van der Waals surface area contributed by atoms with E-state index in [0.29, 0.717) is 5.75 Å². The molecule has 0 spiro atoms. The fourth-order valence-corrected chi connectivity index (χ4v) is 3.48. The standard InChI is InChI=1S/C22H18O/c1-2-19-20-8-4-3-6-16(20)14-17-7-5-9-21(22(17)19)15-10-12-18(23)13-11-15/h3-14,23H,2H2,1H3. The molecule has 4 aromatic rings. The summed E-state index contributed by atoms with van der Waals surface area (Å²) in [5.74, 6) is 0.301. The van der Waals surface area contributed by atoms with Crippen LogP contribution in [0.25, 0.3) is 32.7 Å². The molecular formula is C22H18O. The predicted molar refractivity (Wildman–Crippen MR) is 97.9 cm³/mol. The predicted octanol–water partition coefficient (Wildman–Crippen LogP) is 5.93. The van der Waals surface area contributed by atoms with Crippen molar-refractivity contribution in [1.29, 1.82) is 0 Å². The quantitative estimate of drug-likeness (QED) is 0.455. The van der Waals surface area contributed by atoms with Crippen LogP contribution in [0.4, 0.5) is 0 Å². The van der Waals surface area contributed by atoms with Crippen LogP contribution in [0.2, 0.25) is 0 Å². The van der Waals surface area contributed by atoms with Crippen LogP contribution in [0.5, 0.6) is 5.75 Å². The third-order valence-electron chi connectivity index (χ3n) is 4.53. The highest BCUT2D eigenvalue weighted by Gasteiger charge is 2.11. The van der Waals surface area contributed by atoms with E-state index in [4.69, 9.17) is 0 Å². The summed E-state index contributed by atoms with van der Waals surface area (Å²) >= 11 is 0. The lowest BCUT2D eigenvalue weighted by Gasteiger charge is -2.14. The second-order valence-corrected chi connectivity index (χ2v) is 5.88. The maximum atomic E-state index is 9.56. The summed E-state index contributed by atoms with van der Waals surface area (Å²) < 4.78 is 0. The molecule has 4 rings (SSSR count). The maximum Gasteiger partial charge on any atom is 0.115 e. The summed E-state index contributed by atoms with van der Waals surface area (Å²) in [6, 6.07) is 24.8. The van der Waals surface area contributed by atoms with Gasteiger partial charge in [0.2, 0.25) is 0 Å². The van der Waals surface area contributed by atoms with Crippen molar-refractivity contribution in [2.45, 2.75) is 13.3 Å². The van der Waals surface area contributed by atoms with Gasteiger partial charge in [0.25, 0.3) is 0 Å². The summed E-state index contributed by atoms with van der Waals surface area (Å²) in [6.07, 6.45) is 0.993. The summed E-state index contributed by atoms with van der Waals surface area (Å²) in [6.45, 7) is 2.22. The van der Waals surface area contributed by atoms with Crippen LogP contribution in [-0.4, -0.2) is 5.11 Å². The minimum atomic E-state index is 0.301. The lowest BCUT2D eigenvalue weighted by molar-refractivity contribution is 0.475. The molecule has 0 amide bonds. The molecule has 23 heavy (non-hydrogen) atoms. The minimum Gasteiger partial charge on any atom is -0.508 e. The van der Waals surface area contributed by atoms with Crippen LogP contribution in [0.3, 0.4) is 0 Å². The van der Waals surface area contributed by atoms with Crippen molar-refractivity contribution in [2.75, 3.05) is 0 Å². The highest BCUT2D eigenvalue weighted by molar-refractivity contribution is 6.08. The minimum absolute atomic E-state index is 0.301. The Kier molecular flexibility index (Phi) is 3.27. The summed E-state index contributed by atoms with van der Waals surface area (Å²) in [7, 11) is 0. The number of fused-ring (bicyclic) bond motifs is 2. The molecule has 0 radical (unpaired) electrons. The van der Waals surface area contributed by atoms with Crippen molar-refractivity contribution in [3.63, 3.8) is 0 Å². The number of hydrogen-bond acceptors (Lipinski definition) is 1. The van der Waals surface area contributed by atoms with E-state index < -0.39 is 0 Å². The third kappa shape index (κ3) is 2.25. The van der Waals surface area contributed by atoms with Gasteiger partial charge in [0.15, 0.2) is 0 Å². The van der Waals surface area contributed by atoms with Gasteiger partial charge < -0.3 is 5.11 Å². The van der Waals surface area contributed by atoms with Crippen LogP contribution in [0.1, 0.15) is 12.5 Å². The van der Waals surface area contributed by atoms with Crippen molar-refractivity contribution in [3.8, 4) is 16.9 Å². The molecular weight excluding hydrogens is 280 g/mol. The molecule has 4 aromatic carbocycles. The van der Waals surface area contributed by atoms with Crippen molar-refractivity contribution in [3.05, 3.63) is 78.4 Å². The highest BCUT2D eigenvalue weighted by Crippen LogP contribution is 2.36. The van der Waals surface area contributed by atoms with Gasteiger partial charge in [-0.2, -0.15) is 0 Å². The third-order valence-corrected chi connectivity index (χ3v) is 4.53. The SMILES string of the molecule is CCc1c2ccccc2cc2cccc(-c3ccc(O)cc3)c12. The van der Waals surface area contributed by atoms with E-state index in [2.05, 4.69) is 55.5 Å². The molecule has 0 aromatic heterocycles. The first kappa shape index (κ1) is 13.8. The van der Waals surface area contributed by atoms with Crippen molar-refractivity contribution < 1.29 is 5.11 Å². The Balaban J connectivity index is 2.13. The maximum absolute atomic E-state index is 9.56. The molecule has 0 aliphatic carbocycles. The van der Waals surface area contributed by atoms with Crippen LogP contribution < -0.4 is 0 Å². The second-order valence-electron chi connectivity index (χ2n) is 5.88. The van der Waals surface area contributed by atoms with E-state index in [1.54, 1.807) is 12.1 Å². The lowest BCUT2D eigenvalue weighted by Crippen LogP contribution is -1.91. The molecule has 112 valence electrons. The molecule has 0 aliphatic rings. The van der Waals surface area contributed by atoms with Crippen LogP contribution >= 0.6 is 0 Å². The summed E-state index contributed by atoms with van der Waals surface area (Å²) in [5, 5.41) is 14.8. The second kappa shape index (κ2) is 5.44. The van der Waals surface area contributed by atoms with Gasteiger partial charge in [0.05, 0.1) is 0 Å². The monoisotopic (exact) mass is 298 g/mol. The van der Waals surface area contributed by atoms with Crippen LogP contribution in [0, 0.1) is 0 Å². The highest BCUT2D eigenvalue weighted by atomic mass is 16.3. The zero-order chi connectivity index (χ0) is 15.8. The Labute approximate surface area is 135 Å². The molecule has 0 atom stereocenters. The van der Waals surface area contributed by atoms with E-state index in [9.17, 15) is 5.11 Å². The molecule has 1 heteroatoms. The number of hydrogen-bond donors (Lipinski definition) is 1. The first-order chi connectivity index (χ1) is 11.3. The van der Waals surface area contributed by atoms with Gasteiger partial charge in [0.1, 0.15) is 5.75 Å². The topological polar surface area (TPSA) is 20.2 Å². The van der Waals surface area contributed by atoms with Gasteiger partial charge in [-0.05, 0) is 62.9 Å². The molecule has 0 saturated heterocycles. The molecule has 1 nitrogen and oxygen atoms in total. The Morgan fingerprint density at radius 2 is 1.52 bits per heavy atom. The average Bonchev–Trinajstić information content (AvgIpc) is 2.60. The Morgan fingerprint density at radius 1 is 0.783 bits per heavy atom. The number of rotatable bonds is 2. The molecule has 0 bridgehead atoms. The fourth-order valence-electron chi connectivity index (χ4n) is 3.48. The van der Waals surface area contributed by atoms with Gasteiger partial charge in [0, 0.05) is 0 Å². The smallest absolute Gasteiger partial charge is 0.115 e. The van der Waals surface area contributed by atoms with Crippen LogP contribution in [-0.2, 0) is 6.42 Å². The lowest BCUT2D eigenvalue weighted by atomic mass is 9.90. The molecule has 0 saturated carbocycles. The first-order valence-corrected chi connectivity index (χ1v) is 8.00. The van der Waals surface area contributed by atoms with Crippen molar-refractivity contribution in [1.82, 2.24) is 0 Å². The Bertz CT molecular complexity index is 997. The number of benzene rings is 4. The number of aryl methyl sites for hydroxylation is 1. The zero-order valence-electron chi connectivity index (χ0n) is 13.1. The van der Waals surface area contributed by atoms with Gasteiger partial charge in [-0.1, -0.05) is 61.5 Å². The average molecular weight is 298 g/mol. The number of phenolic OH excluding ortho intramolecular Hbond substituents is 1. The van der Waals surface area contributed by atoms with Gasteiger partial charge in [-0.15, -0.1) is 0 Å². The first-order valence-electron chi connectivity index (χ1n) is 8.00. The zero-order valence-corrected chi connectivity index (χ0v) is 13.1. The van der Waals surface area contributed by atoms with Gasteiger partial charge in [-0.25, -0.2) is 0 Å². The van der Waals surface area contributed by atoms with E-state index in [-0.39, 0.29) is 0 Å². The van der Waals surface area contributed by atoms with E-state index in [1.807, 2.05) is 12.1 Å². The van der Waals surface area contributed by atoms with Crippen molar-refractivity contribution in [2.24, 2.45) is 0 Å². The number of phenols is 1.